The summed E-state index contributed by atoms with van der Waals surface area (Å²) in [5, 5.41) is 14.0. The highest BCUT2D eigenvalue weighted by molar-refractivity contribution is 7.98. The molecule has 254 valence electrons. The fourth-order valence-electron chi connectivity index (χ4n) is 7.53. The van der Waals surface area contributed by atoms with E-state index in [9.17, 15) is 29.1 Å². The SMILES string of the molecule is COc1cccc(C2NC(CCSC)(C(=O)O)C3C(=O)N(Cc4ccc5c(c4)C(=O)c4ccccc4C5=O)C(=O)C23)c1OCc1ccccc1. The summed E-state index contributed by atoms with van der Waals surface area (Å²) in [6.07, 6.45) is 1.94. The summed E-state index contributed by atoms with van der Waals surface area (Å²) < 4.78 is 12.0. The van der Waals surface area contributed by atoms with Crippen molar-refractivity contribution in [1.82, 2.24) is 10.2 Å². The topological polar surface area (TPSA) is 139 Å². The van der Waals surface area contributed by atoms with E-state index in [-0.39, 0.29) is 42.3 Å². The number of thioether (sulfide) groups is 1. The monoisotopic (exact) mass is 690 g/mol. The van der Waals surface area contributed by atoms with Crippen LogP contribution in [-0.4, -0.2) is 64.0 Å². The molecular formula is C39H34N2O8S. The van der Waals surface area contributed by atoms with Crippen LogP contribution in [0.5, 0.6) is 11.5 Å². The molecule has 4 atom stereocenters. The lowest BCUT2D eigenvalue weighted by atomic mass is 9.78. The Bertz CT molecular complexity index is 2050. The Morgan fingerprint density at radius 1 is 0.840 bits per heavy atom. The zero-order valence-electron chi connectivity index (χ0n) is 27.4. The van der Waals surface area contributed by atoms with E-state index in [0.717, 1.165) is 10.5 Å². The first-order chi connectivity index (χ1) is 24.2. The van der Waals surface area contributed by atoms with Crippen molar-refractivity contribution in [2.45, 2.75) is 31.2 Å². The molecule has 50 heavy (non-hydrogen) atoms. The number of fused-ring (bicyclic) bond motifs is 3. The Kier molecular flexibility index (Phi) is 8.79. The van der Waals surface area contributed by atoms with Crippen LogP contribution >= 0.6 is 11.8 Å². The van der Waals surface area contributed by atoms with Crippen molar-refractivity contribution in [2.24, 2.45) is 11.8 Å². The van der Waals surface area contributed by atoms with Crippen molar-refractivity contribution in [2.75, 3.05) is 19.1 Å². The summed E-state index contributed by atoms with van der Waals surface area (Å²) in [6.45, 7) is -0.00388. The lowest BCUT2D eigenvalue weighted by molar-refractivity contribution is -0.151. The number of carboxylic acid groups (broad SMARTS) is 1. The zero-order chi connectivity index (χ0) is 35.2. The number of imide groups is 1. The highest BCUT2D eigenvalue weighted by Crippen LogP contribution is 2.53. The van der Waals surface area contributed by atoms with E-state index < -0.39 is 41.2 Å². The zero-order valence-corrected chi connectivity index (χ0v) is 28.2. The average Bonchev–Trinajstić information content (AvgIpc) is 3.61. The molecule has 0 bridgehead atoms. The Hall–Kier alpha value is -5.26. The smallest absolute Gasteiger partial charge is 0.324 e. The molecule has 2 N–H and O–H groups in total. The van der Waals surface area contributed by atoms with E-state index in [2.05, 4.69) is 5.32 Å². The predicted octanol–water partition coefficient (Wildman–Crippen LogP) is 5.07. The molecule has 1 aliphatic carbocycles. The molecule has 0 saturated carbocycles. The molecule has 4 unspecified atom stereocenters. The maximum atomic E-state index is 14.5. The normalized spacial score (nSPS) is 22.3. The van der Waals surface area contributed by atoms with Crippen LogP contribution in [0.4, 0.5) is 0 Å². The van der Waals surface area contributed by atoms with Crippen molar-refractivity contribution >= 4 is 41.1 Å². The van der Waals surface area contributed by atoms with Gasteiger partial charge in [-0.2, -0.15) is 11.8 Å². The summed E-state index contributed by atoms with van der Waals surface area (Å²) >= 11 is 1.45. The van der Waals surface area contributed by atoms with Crippen LogP contribution in [0.1, 0.15) is 61.0 Å². The number of likely N-dealkylation sites (tertiary alicyclic amines) is 1. The molecule has 2 saturated heterocycles. The third-order valence-electron chi connectivity index (χ3n) is 9.95. The number of hydrogen-bond donors (Lipinski definition) is 2. The maximum absolute atomic E-state index is 14.5. The largest absolute Gasteiger partial charge is 0.493 e. The third kappa shape index (κ3) is 5.37. The Balaban J connectivity index is 1.27. The van der Waals surface area contributed by atoms with Crippen LogP contribution in [0.2, 0.25) is 0 Å². The molecular weight excluding hydrogens is 657 g/mol. The lowest BCUT2D eigenvalue weighted by Crippen LogP contribution is -2.56. The maximum Gasteiger partial charge on any atom is 0.324 e. The molecule has 4 aromatic carbocycles. The van der Waals surface area contributed by atoms with Crippen molar-refractivity contribution in [3.05, 3.63) is 130 Å². The summed E-state index contributed by atoms with van der Waals surface area (Å²) in [6, 6.07) is 25.2. The molecule has 3 aliphatic rings. The number of carbonyl (C=O) groups is 5. The van der Waals surface area contributed by atoms with Gasteiger partial charge in [-0.3, -0.25) is 34.2 Å². The molecule has 4 aromatic rings. The molecule has 7 rings (SSSR count). The molecule has 10 nitrogen and oxygen atoms in total. The van der Waals surface area contributed by atoms with Gasteiger partial charge in [0.1, 0.15) is 12.1 Å². The van der Waals surface area contributed by atoms with Gasteiger partial charge < -0.3 is 14.6 Å². The van der Waals surface area contributed by atoms with Gasteiger partial charge in [-0.1, -0.05) is 72.8 Å². The average molecular weight is 691 g/mol. The van der Waals surface area contributed by atoms with Crippen LogP contribution in [-0.2, 0) is 27.5 Å². The summed E-state index contributed by atoms with van der Waals surface area (Å²) in [5.74, 6) is -4.08. The van der Waals surface area contributed by atoms with Crippen molar-refractivity contribution in [3.8, 4) is 11.5 Å². The number of carboxylic acids is 1. The van der Waals surface area contributed by atoms with Crippen LogP contribution in [0.3, 0.4) is 0 Å². The van der Waals surface area contributed by atoms with Crippen LogP contribution in [0.25, 0.3) is 0 Å². The molecule has 2 aliphatic heterocycles. The quantitative estimate of drug-likeness (QED) is 0.181. The second-order valence-corrected chi connectivity index (χ2v) is 13.6. The minimum absolute atomic E-state index is 0.0903. The number of nitrogens with one attached hydrogen (secondary N) is 1. The molecule has 2 amide bonds. The molecule has 2 fully saturated rings. The van der Waals surface area contributed by atoms with E-state index in [1.165, 1.54) is 18.9 Å². The molecule has 0 radical (unpaired) electrons. The summed E-state index contributed by atoms with van der Waals surface area (Å²) in [7, 11) is 1.50. The summed E-state index contributed by atoms with van der Waals surface area (Å²) in [4.78, 5) is 69.8. The Labute approximate surface area is 292 Å². The lowest BCUT2D eigenvalue weighted by Gasteiger charge is -2.31. The van der Waals surface area contributed by atoms with Gasteiger partial charge in [-0.05, 0) is 47.8 Å². The van der Waals surface area contributed by atoms with Gasteiger partial charge in [0.15, 0.2) is 23.1 Å². The van der Waals surface area contributed by atoms with Crippen LogP contribution in [0, 0.1) is 11.8 Å². The van der Waals surface area contributed by atoms with E-state index in [0.29, 0.717) is 39.5 Å². The Morgan fingerprint density at radius 2 is 1.52 bits per heavy atom. The fourth-order valence-corrected chi connectivity index (χ4v) is 8.06. The van der Waals surface area contributed by atoms with Crippen LogP contribution < -0.4 is 14.8 Å². The van der Waals surface area contributed by atoms with Gasteiger partial charge in [0, 0.05) is 33.9 Å². The van der Waals surface area contributed by atoms with Gasteiger partial charge in [0.05, 0.1) is 25.5 Å². The standard InChI is InChI=1S/C39H34N2O8S/c1-48-29-14-8-13-27(35(29)49-21-22-9-4-3-5-10-22)32-30-31(39(40-32,38(46)47)17-18-50-2)37(45)41(36(30)44)20-23-15-16-26-28(19-23)34(43)25-12-7-6-11-24(25)33(26)42/h3-16,19,30-32,40H,17-18,20-21H2,1-2H3,(H,46,47). The van der Waals surface area contributed by atoms with E-state index in [1.54, 1.807) is 60.7 Å². The molecule has 2 heterocycles. The highest BCUT2D eigenvalue weighted by atomic mass is 32.2. The molecule has 0 aromatic heterocycles. The van der Waals surface area contributed by atoms with Gasteiger partial charge in [0.2, 0.25) is 11.8 Å². The van der Waals surface area contributed by atoms with Gasteiger partial charge in [-0.15, -0.1) is 0 Å². The number of para-hydroxylation sites is 1. The fraction of sp³-hybridized carbons (Fsp3) is 0.256. The Morgan fingerprint density at radius 3 is 2.20 bits per heavy atom. The van der Waals surface area contributed by atoms with Crippen molar-refractivity contribution in [1.29, 1.82) is 0 Å². The second-order valence-electron chi connectivity index (χ2n) is 12.6. The number of benzene rings is 4. The van der Waals surface area contributed by atoms with Gasteiger partial charge >= 0.3 is 5.97 Å². The number of rotatable bonds is 11. The first kappa shape index (κ1) is 33.2. The van der Waals surface area contributed by atoms with E-state index in [1.807, 2.05) is 36.6 Å². The number of amides is 2. The van der Waals surface area contributed by atoms with Crippen LogP contribution in [0.15, 0.2) is 91.0 Å². The summed E-state index contributed by atoms with van der Waals surface area (Å²) in [5.41, 5.74) is 1.18. The number of ether oxygens (including phenoxy) is 2. The molecule has 0 spiro atoms. The first-order valence-electron chi connectivity index (χ1n) is 16.2. The van der Waals surface area contributed by atoms with Gasteiger partial charge in [-0.25, -0.2) is 0 Å². The van der Waals surface area contributed by atoms with E-state index in [4.69, 9.17) is 9.47 Å². The minimum Gasteiger partial charge on any atom is -0.493 e. The van der Waals surface area contributed by atoms with Crippen molar-refractivity contribution < 1.29 is 38.6 Å². The first-order valence-corrected chi connectivity index (χ1v) is 17.6. The number of ketones is 2. The number of aliphatic carboxylic acids is 1. The number of carbonyl (C=O) groups excluding carboxylic acids is 4. The minimum atomic E-state index is -1.75. The third-order valence-corrected chi connectivity index (χ3v) is 10.6. The van der Waals surface area contributed by atoms with Crippen molar-refractivity contribution in [3.63, 3.8) is 0 Å². The number of methoxy groups -OCH3 is 1. The molecule has 11 heteroatoms. The highest BCUT2D eigenvalue weighted by Gasteiger charge is 2.68. The van der Waals surface area contributed by atoms with Gasteiger partial charge in [0.25, 0.3) is 0 Å². The number of hydrogen-bond acceptors (Lipinski definition) is 9. The second kappa shape index (κ2) is 13.2. The van der Waals surface area contributed by atoms with E-state index >= 15 is 0 Å². The number of nitrogens with zero attached hydrogens (tertiary/aromatic N) is 1. The predicted molar refractivity (Wildman–Crippen MR) is 185 cm³/mol.